The van der Waals surface area contributed by atoms with Crippen LogP contribution in [0.3, 0.4) is 0 Å². The minimum absolute atomic E-state index is 0.930. The highest BCUT2D eigenvalue weighted by Gasteiger charge is 2.23. The fraction of sp³-hybridized carbons (Fsp3) is 0.0377. The summed E-state index contributed by atoms with van der Waals surface area (Å²) in [4.78, 5) is 0. The monoisotopic (exact) mass is 1480 g/mol. The van der Waals surface area contributed by atoms with Gasteiger partial charge in [0.05, 0.1) is 55.2 Å². The van der Waals surface area contributed by atoms with Gasteiger partial charge in [-0.05, 0) is 184 Å². The number of hydrogen-bond acceptors (Lipinski definition) is 3. The molecule has 0 amide bonds. The minimum atomic E-state index is 0.930. The predicted octanol–water partition coefficient (Wildman–Crippen LogP) is 29.6. The molecule has 0 N–H and O–H groups in total. The molecule has 0 radical (unpaired) electrons. The molecule has 114 heavy (non-hydrogen) atoms. The quantitative estimate of drug-likeness (QED) is 0.172. The van der Waals surface area contributed by atoms with Gasteiger partial charge in [-0.1, -0.05) is 223 Å². The molecular formula is C106H73N5O2S. The van der Waals surface area contributed by atoms with E-state index in [1.54, 1.807) is 0 Å². The van der Waals surface area contributed by atoms with Crippen molar-refractivity contribution in [2.45, 2.75) is 27.7 Å². The Balaban J connectivity index is 0.0000000930. The van der Waals surface area contributed by atoms with Gasteiger partial charge in [-0.2, -0.15) is 0 Å². The van der Waals surface area contributed by atoms with Crippen molar-refractivity contribution in [1.29, 1.82) is 0 Å². The van der Waals surface area contributed by atoms with Crippen molar-refractivity contribution in [1.82, 2.24) is 22.8 Å². The van der Waals surface area contributed by atoms with Crippen LogP contribution in [0.25, 0.3) is 202 Å². The molecule has 0 fully saturated rings. The van der Waals surface area contributed by atoms with Crippen LogP contribution in [0.5, 0.6) is 0 Å². The van der Waals surface area contributed by atoms with E-state index < -0.39 is 0 Å². The second kappa shape index (κ2) is 26.7. The largest absolute Gasteiger partial charge is 0.456 e. The molecule has 25 aromatic rings. The maximum absolute atomic E-state index is 6.16. The van der Waals surface area contributed by atoms with Crippen molar-refractivity contribution < 1.29 is 8.83 Å². The van der Waals surface area contributed by atoms with Gasteiger partial charge in [0.15, 0.2) is 0 Å². The molecule has 8 aromatic heterocycles. The highest BCUT2D eigenvalue weighted by Crippen LogP contribution is 2.45. The lowest BCUT2D eigenvalue weighted by molar-refractivity contribution is 0.669. The summed E-state index contributed by atoms with van der Waals surface area (Å²) in [5.74, 6) is 0. The summed E-state index contributed by atoms with van der Waals surface area (Å²) in [6, 6.07) is 133. The van der Waals surface area contributed by atoms with E-state index in [1.807, 2.05) is 35.6 Å². The third kappa shape index (κ3) is 10.8. The number of hydrogen-bond donors (Lipinski definition) is 0. The summed E-state index contributed by atoms with van der Waals surface area (Å²) in [5, 5.41) is 20.2. The molecule has 0 saturated heterocycles. The molecule has 540 valence electrons. The Morgan fingerprint density at radius 1 is 0.167 bits per heavy atom. The Bertz CT molecular complexity index is 7920. The van der Waals surface area contributed by atoms with Gasteiger partial charge in [0.2, 0.25) is 0 Å². The van der Waals surface area contributed by atoms with Crippen molar-refractivity contribution in [3.05, 3.63) is 392 Å². The molecule has 0 aliphatic carbocycles. The second-order valence-electron chi connectivity index (χ2n) is 30.2. The van der Waals surface area contributed by atoms with Gasteiger partial charge in [-0.25, -0.2) is 0 Å². The smallest absolute Gasteiger partial charge is 0.137 e. The lowest BCUT2D eigenvalue weighted by Gasteiger charge is -2.10. The van der Waals surface area contributed by atoms with Crippen LogP contribution in [0.2, 0.25) is 0 Å². The Morgan fingerprint density at radius 3 is 0.886 bits per heavy atom. The molecule has 7 nitrogen and oxygen atoms in total. The fourth-order valence-corrected chi connectivity index (χ4v) is 19.0. The zero-order chi connectivity index (χ0) is 75.8. The molecule has 0 spiro atoms. The van der Waals surface area contributed by atoms with Crippen molar-refractivity contribution in [3.63, 3.8) is 0 Å². The molecule has 0 aliphatic rings. The third-order valence-corrected chi connectivity index (χ3v) is 24.2. The van der Waals surface area contributed by atoms with Gasteiger partial charge in [-0.15, -0.1) is 11.3 Å². The normalized spacial score (nSPS) is 11.9. The average molecular weight is 1480 g/mol. The number of aryl methyl sites for hydroxylation is 4. The highest BCUT2D eigenvalue weighted by molar-refractivity contribution is 7.25. The number of thiophene rings is 1. The van der Waals surface area contributed by atoms with Crippen LogP contribution in [-0.4, -0.2) is 22.8 Å². The van der Waals surface area contributed by atoms with Crippen molar-refractivity contribution in [2.75, 3.05) is 0 Å². The van der Waals surface area contributed by atoms with Crippen LogP contribution in [-0.2, 0) is 0 Å². The van der Waals surface area contributed by atoms with Crippen LogP contribution in [0.1, 0.15) is 22.3 Å². The zero-order valence-corrected chi connectivity index (χ0v) is 64.0. The topological polar surface area (TPSA) is 50.9 Å². The van der Waals surface area contributed by atoms with Gasteiger partial charge in [-0.3, -0.25) is 0 Å². The number of nitrogens with zero attached hydrogens (tertiary/aromatic N) is 5. The standard InChI is InChI=1S/C31H22N2.2C25H17NO.C25H17NS/c1-21-15-17-23(18-16-21)33-29-14-8-6-12-25(29)27-19-26-24-11-5-7-13-28(24)32(30(26)20-31(27)33)22-9-3-2-4-10-22;1-16-7-6-8-17(13-16)26-22-11-4-2-9-18(22)20-14-21-19-10-3-5-12-24(19)27-25(21)15-23(20)26;1-16-10-12-17(13-11-16)26-22-8-4-2-6-18(22)20-14-21-19-7-3-5-9-24(19)27-25(21)15-23(20)26;1-16-7-6-8-17(13-16)26-22-11-4-2-9-18(22)20-14-21-19-10-3-5-12-24(19)27-25(21)15-23(20)26/h2-20H,1H3;3*2-15H,1H3. The van der Waals surface area contributed by atoms with Crippen molar-refractivity contribution in [2.24, 2.45) is 0 Å². The van der Waals surface area contributed by atoms with Crippen LogP contribution >= 0.6 is 11.3 Å². The number of rotatable bonds is 5. The summed E-state index contributed by atoms with van der Waals surface area (Å²) >= 11 is 1.88. The van der Waals surface area contributed by atoms with E-state index in [1.165, 1.54) is 201 Å². The van der Waals surface area contributed by atoms with E-state index in [0.29, 0.717) is 0 Å². The summed E-state index contributed by atoms with van der Waals surface area (Å²) in [6.45, 7) is 8.54. The van der Waals surface area contributed by atoms with Gasteiger partial charge in [0.25, 0.3) is 0 Å². The van der Waals surface area contributed by atoms with Crippen LogP contribution in [0, 0.1) is 27.7 Å². The third-order valence-electron chi connectivity index (χ3n) is 23.1. The molecule has 8 heteroatoms. The number of furan rings is 2. The molecular weight excluding hydrogens is 1410 g/mol. The molecule has 17 aromatic carbocycles. The molecule has 25 rings (SSSR count). The first-order chi connectivity index (χ1) is 56.2. The van der Waals surface area contributed by atoms with Crippen LogP contribution in [0.15, 0.2) is 379 Å². The first-order valence-electron chi connectivity index (χ1n) is 39.0. The minimum Gasteiger partial charge on any atom is -0.456 e. The van der Waals surface area contributed by atoms with Gasteiger partial charge >= 0.3 is 0 Å². The summed E-state index contributed by atoms with van der Waals surface area (Å²) in [6.07, 6.45) is 0. The first kappa shape index (κ1) is 66.5. The Hall–Kier alpha value is -14.4. The van der Waals surface area contributed by atoms with E-state index in [2.05, 4.69) is 396 Å². The number of fused-ring (bicyclic) bond motifs is 24. The molecule has 0 aliphatic heterocycles. The van der Waals surface area contributed by atoms with E-state index in [-0.39, 0.29) is 0 Å². The Labute approximate surface area is 660 Å². The maximum atomic E-state index is 6.16. The Kier molecular flexibility index (Phi) is 15.6. The highest BCUT2D eigenvalue weighted by atomic mass is 32.1. The molecule has 0 atom stereocenters. The van der Waals surface area contributed by atoms with Gasteiger partial charge < -0.3 is 31.7 Å². The molecule has 8 heterocycles. The molecule has 0 saturated carbocycles. The number of para-hydroxylation sites is 8. The fourth-order valence-electron chi connectivity index (χ4n) is 17.9. The zero-order valence-electron chi connectivity index (χ0n) is 63.2. The van der Waals surface area contributed by atoms with Crippen molar-refractivity contribution >= 4 is 184 Å². The van der Waals surface area contributed by atoms with Crippen molar-refractivity contribution in [3.8, 4) is 28.4 Å². The predicted molar refractivity (Wildman–Crippen MR) is 484 cm³/mol. The summed E-state index contributed by atoms with van der Waals surface area (Å²) < 4.78 is 26.9. The Morgan fingerprint density at radius 2 is 0.474 bits per heavy atom. The van der Waals surface area contributed by atoms with Gasteiger partial charge in [0, 0.05) is 136 Å². The maximum Gasteiger partial charge on any atom is 0.137 e. The number of aromatic nitrogens is 5. The molecule has 0 bridgehead atoms. The first-order valence-corrected chi connectivity index (χ1v) is 39.8. The van der Waals surface area contributed by atoms with Crippen LogP contribution < -0.4 is 0 Å². The lowest BCUT2D eigenvalue weighted by atomic mass is 10.1. The van der Waals surface area contributed by atoms with E-state index >= 15 is 0 Å². The van der Waals surface area contributed by atoms with E-state index in [0.717, 1.165) is 22.3 Å². The number of benzene rings is 17. The summed E-state index contributed by atoms with van der Waals surface area (Å²) in [5.41, 5.74) is 27.0. The summed E-state index contributed by atoms with van der Waals surface area (Å²) in [7, 11) is 0. The SMILES string of the molecule is Cc1ccc(-n2c3ccccc3c3cc4c(cc32)oc2ccccc24)cc1.Cc1ccc(-n2c3ccccc3c3cc4c5ccccc5n(-c5ccccc5)c4cc32)cc1.Cc1cccc(-n2c3ccccc3c3cc4c(cc32)oc2ccccc24)c1.Cc1cccc(-n2c3ccccc3c3cc4c(cc32)sc2ccccc24)c1. The average Bonchev–Trinajstić information content (AvgIpc) is 1.51. The second-order valence-corrected chi connectivity index (χ2v) is 31.3. The lowest BCUT2D eigenvalue weighted by Crippen LogP contribution is -1.95. The van der Waals surface area contributed by atoms with Crippen LogP contribution in [0.4, 0.5) is 0 Å². The van der Waals surface area contributed by atoms with E-state index in [9.17, 15) is 0 Å². The molecule has 0 unspecified atom stereocenters. The van der Waals surface area contributed by atoms with E-state index in [4.69, 9.17) is 8.83 Å². The van der Waals surface area contributed by atoms with Gasteiger partial charge in [0.1, 0.15) is 22.3 Å².